The largest absolute Gasteiger partial charge is 0.481 e. The maximum atomic E-state index is 13.7. The third-order valence-electron chi connectivity index (χ3n) is 3.08. The van der Waals surface area contributed by atoms with Crippen LogP contribution < -0.4 is 10.6 Å². The third-order valence-corrected chi connectivity index (χ3v) is 3.08. The molecular weight excluding hydrogens is 223 g/mol. The number of halogens is 1. The Labute approximate surface area is 98.8 Å². The number of rotatable bonds is 2. The van der Waals surface area contributed by atoms with Crippen molar-refractivity contribution in [1.82, 2.24) is 0 Å². The zero-order valence-corrected chi connectivity index (χ0v) is 9.40. The summed E-state index contributed by atoms with van der Waals surface area (Å²) in [7, 11) is 0. The van der Waals surface area contributed by atoms with Gasteiger partial charge in [-0.2, -0.15) is 0 Å². The van der Waals surface area contributed by atoms with E-state index in [0.717, 1.165) is 6.42 Å². The lowest BCUT2D eigenvalue weighted by atomic mass is 9.98. The Morgan fingerprint density at radius 1 is 1.53 bits per heavy atom. The molecule has 2 rings (SSSR count). The molecule has 0 saturated carbocycles. The molecule has 0 unspecified atom stereocenters. The van der Waals surface area contributed by atoms with Gasteiger partial charge in [-0.05, 0) is 31.0 Å². The van der Waals surface area contributed by atoms with Crippen LogP contribution in [0, 0.1) is 11.7 Å². The number of benzene rings is 1. The van der Waals surface area contributed by atoms with Crippen LogP contribution in [0.1, 0.15) is 12.8 Å². The zero-order valence-electron chi connectivity index (χ0n) is 9.40. The number of carboxylic acid groups (broad SMARTS) is 1. The summed E-state index contributed by atoms with van der Waals surface area (Å²) in [6, 6.07) is 4.50. The highest BCUT2D eigenvalue weighted by Crippen LogP contribution is 2.26. The van der Waals surface area contributed by atoms with E-state index in [1.54, 1.807) is 17.0 Å². The molecule has 0 amide bonds. The van der Waals surface area contributed by atoms with Crippen LogP contribution in [0.4, 0.5) is 15.8 Å². The molecule has 1 aliphatic heterocycles. The molecule has 1 saturated heterocycles. The Hall–Kier alpha value is -1.78. The van der Waals surface area contributed by atoms with E-state index in [2.05, 4.69) is 0 Å². The molecule has 1 aromatic rings. The van der Waals surface area contributed by atoms with E-state index in [9.17, 15) is 9.18 Å². The van der Waals surface area contributed by atoms with E-state index in [0.29, 0.717) is 30.9 Å². The number of piperidine rings is 1. The molecule has 17 heavy (non-hydrogen) atoms. The molecule has 1 aliphatic rings. The van der Waals surface area contributed by atoms with Gasteiger partial charge in [-0.3, -0.25) is 4.79 Å². The van der Waals surface area contributed by atoms with E-state index in [1.165, 1.54) is 6.07 Å². The monoisotopic (exact) mass is 238 g/mol. The van der Waals surface area contributed by atoms with Crippen LogP contribution in [-0.2, 0) is 4.79 Å². The third kappa shape index (κ3) is 2.49. The van der Waals surface area contributed by atoms with Gasteiger partial charge >= 0.3 is 5.97 Å². The first-order valence-corrected chi connectivity index (χ1v) is 5.60. The summed E-state index contributed by atoms with van der Waals surface area (Å²) in [4.78, 5) is 12.7. The summed E-state index contributed by atoms with van der Waals surface area (Å²) < 4.78 is 13.7. The fourth-order valence-corrected chi connectivity index (χ4v) is 2.18. The molecule has 1 atom stereocenters. The summed E-state index contributed by atoms with van der Waals surface area (Å²) in [5.41, 5.74) is 6.29. The number of nitrogens with two attached hydrogens (primary N) is 1. The first kappa shape index (κ1) is 11.7. The van der Waals surface area contributed by atoms with Crippen molar-refractivity contribution in [2.24, 2.45) is 5.92 Å². The Bertz CT molecular complexity index is 437. The van der Waals surface area contributed by atoms with Gasteiger partial charge in [0.15, 0.2) is 0 Å². The normalized spacial score (nSPS) is 20.3. The minimum atomic E-state index is -0.814. The number of carbonyl (C=O) groups is 1. The van der Waals surface area contributed by atoms with E-state index in [-0.39, 0.29) is 0 Å². The molecule has 92 valence electrons. The highest BCUT2D eigenvalue weighted by Gasteiger charge is 2.26. The molecule has 0 aliphatic carbocycles. The van der Waals surface area contributed by atoms with Gasteiger partial charge in [0, 0.05) is 18.8 Å². The number of hydrogen-bond acceptors (Lipinski definition) is 3. The summed E-state index contributed by atoms with van der Waals surface area (Å²) in [5.74, 6) is -1.62. The number of nitrogens with zero attached hydrogens (tertiary/aromatic N) is 1. The summed E-state index contributed by atoms with van der Waals surface area (Å²) in [6.45, 7) is 1.04. The van der Waals surface area contributed by atoms with Gasteiger partial charge in [-0.15, -0.1) is 0 Å². The number of nitrogen functional groups attached to an aromatic ring is 1. The molecule has 0 radical (unpaired) electrons. The van der Waals surface area contributed by atoms with Crippen molar-refractivity contribution in [3.8, 4) is 0 Å². The topological polar surface area (TPSA) is 66.6 Å². The summed E-state index contributed by atoms with van der Waals surface area (Å²) in [6.07, 6.45) is 1.42. The number of hydrogen-bond donors (Lipinski definition) is 2. The minimum Gasteiger partial charge on any atom is -0.481 e. The van der Waals surface area contributed by atoms with Crippen molar-refractivity contribution in [1.29, 1.82) is 0 Å². The average molecular weight is 238 g/mol. The molecular formula is C12H15FN2O2. The quantitative estimate of drug-likeness (QED) is 0.770. The molecule has 5 heteroatoms. The molecule has 1 aromatic carbocycles. The second-order valence-electron chi connectivity index (χ2n) is 4.33. The lowest BCUT2D eigenvalue weighted by molar-refractivity contribution is -0.141. The minimum absolute atomic E-state index is 0.357. The van der Waals surface area contributed by atoms with Crippen LogP contribution in [0.25, 0.3) is 0 Å². The van der Waals surface area contributed by atoms with Crippen LogP contribution in [0.5, 0.6) is 0 Å². The fourth-order valence-electron chi connectivity index (χ4n) is 2.18. The first-order valence-electron chi connectivity index (χ1n) is 5.60. The van der Waals surface area contributed by atoms with Gasteiger partial charge in [-0.25, -0.2) is 4.39 Å². The standard InChI is InChI=1S/C12H15FN2O2/c13-10-6-9(14)3-4-11(10)15-5-1-2-8(7-15)12(16)17/h3-4,6,8H,1-2,5,7,14H2,(H,16,17)/t8-/m0/s1. The van der Waals surface area contributed by atoms with Crippen molar-refractivity contribution >= 4 is 17.3 Å². The van der Waals surface area contributed by atoms with Crippen molar-refractivity contribution < 1.29 is 14.3 Å². The van der Waals surface area contributed by atoms with E-state index in [4.69, 9.17) is 10.8 Å². The Balaban J connectivity index is 2.19. The molecule has 0 spiro atoms. The molecule has 3 N–H and O–H groups in total. The van der Waals surface area contributed by atoms with Crippen molar-refractivity contribution in [3.05, 3.63) is 24.0 Å². The second kappa shape index (κ2) is 4.61. The predicted molar refractivity (Wildman–Crippen MR) is 63.4 cm³/mol. The second-order valence-corrected chi connectivity index (χ2v) is 4.33. The van der Waals surface area contributed by atoms with Crippen LogP contribution in [0.15, 0.2) is 18.2 Å². The van der Waals surface area contributed by atoms with Crippen LogP contribution in [0.2, 0.25) is 0 Å². The van der Waals surface area contributed by atoms with Crippen molar-refractivity contribution in [2.75, 3.05) is 23.7 Å². The maximum absolute atomic E-state index is 13.7. The van der Waals surface area contributed by atoms with E-state index < -0.39 is 17.7 Å². The smallest absolute Gasteiger partial charge is 0.308 e. The Morgan fingerprint density at radius 2 is 2.29 bits per heavy atom. The van der Waals surface area contributed by atoms with Gasteiger partial charge in [0.2, 0.25) is 0 Å². The predicted octanol–water partition coefficient (Wildman–Crippen LogP) is 1.71. The lowest BCUT2D eigenvalue weighted by Gasteiger charge is -2.32. The van der Waals surface area contributed by atoms with Gasteiger partial charge in [0.1, 0.15) is 5.82 Å². The molecule has 0 bridgehead atoms. The summed E-state index contributed by atoms with van der Waals surface area (Å²) in [5, 5.41) is 8.98. The highest BCUT2D eigenvalue weighted by atomic mass is 19.1. The molecule has 1 fully saturated rings. The van der Waals surface area contributed by atoms with Crippen LogP contribution in [-0.4, -0.2) is 24.2 Å². The first-order chi connectivity index (χ1) is 8.08. The highest BCUT2D eigenvalue weighted by molar-refractivity contribution is 5.71. The molecule has 0 aromatic heterocycles. The van der Waals surface area contributed by atoms with Gasteiger partial charge in [0.05, 0.1) is 11.6 Å². The van der Waals surface area contributed by atoms with Crippen molar-refractivity contribution in [3.63, 3.8) is 0 Å². The molecule has 1 heterocycles. The van der Waals surface area contributed by atoms with Crippen LogP contribution in [0.3, 0.4) is 0 Å². The van der Waals surface area contributed by atoms with Gasteiger partial charge in [-0.1, -0.05) is 0 Å². The van der Waals surface area contributed by atoms with E-state index in [1.807, 2.05) is 0 Å². The van der Waals surface area contributed by atoms with E-state index >= 15 is 0 Å². The lowest BCUT2D eigenvalue weighted by Crippen LogP contribution is -2.39. The number of aliphatic carboxylic acids is 1. The SMILES string of the molecule is Nc1ccc(N2CCC[C@H](C(=O)O)C2)c(F)c1. The number of anilines is 2. The number of carboxylic acids is 1. The van der Waals surface area contributed by atoms with Crippen LogP contribution >= 0.6 is 0 Å². The maximum Gasteiger partial charge on any atom is 0.308 e. The Kier molecular flexibility index (Phi) is 3.17. The molecule has 4 nitrogen and oxygen atoms in total. The van der Waals surface area contributed by atoms with Crippen molar-refractivity contribution in [2.45, 2.75) is 12.8 Å². The Morgan fingerprint density at radius 3 is 2.94 bits per heavy atom. The van der Waals surface area contributed by atoms with Gasteiger partial charge in [0.25, 0.3) is 0 Å². The zero-order chi connectivity index (χ0) is 12.4. The summed E-state index contributed by atoms with van der Waals surface area (Å²) >= 11 is 0. The average Bonchev–Trinajstić information content (AvgIpc) is 2.29. The van der Waals surface area contributed by atoms with Gasteiger partial charge < -0.3 is 15.7 Å². The fraction of sp³-hybridized carbons (Fsp3) is 0.417.